The number of rotatable bonds is 1. The summed E-state index contributed by atoms with van der Waals surface area (Å²) in [6.07, 6.45) is 2.33. The molecule has 0 spiro atoms. The van der Waals surface area contributed by atoms with Gasteiger partial charge < -0.3 is 5.11 Å². The Morgan fingerprint density at radius 2 is 1.93 bits per heavy atom. The average molecular weight is 196 g/mol. The van der Waals surface area contributed by atoms with Crippen molar-refractivity contribution in [1.82, 2.24) is 0 Å². The third kappa shape index (κ3) is 1.25. The van der Waals surface area contributed by atoms with Crippen molar-refractivity contribution >= 4 is 17.5 Å². The van der Waals surface area contributed by atoms with Crippen LogP contribution in [0.1, 0.15) is 25.7 Å². The Balaban J connectivity index is 2.24. The summed E-state index contributed by atoms with van der Waals surface area (Å²) in [6.45, 7) is 0. The van der Waals surface area contributed by atoms with Crippen molar-refractivity contribution < 1.29 is 19.5 Å². The van der Waals surface area contributed by atoms with Gasteiger partial charge in [-0.25, -0.2) is 0 Å². The maximum absolute atomic E-state index is 11.5. The Bertz CT molecular complexity index is 307. The van der Waals surface area contributed by atoms with Crippen LogP contribution in [0, 0.1) is 17.8 Å². The Labute approximate surface area is 81.3 Å². The topological polar surface area (TPSA) is 71.4 Å². The molecule has 0 bridgehead atoms. The molecular weight excluding hydrogens is 184 g/mol. The van der Waals surface area contributed by atoms with Crippen LogP contribution in [0.4, 0.5) is 0 Å². The molecule has 3 atom stereocenters. The summed E-state index contributed by atoms with van der Waals surface area (Å²) in [4.78, 5) is 33.5. The highest BCUT2D eigenvalue weighted by atomic mass is 16.4. The van der Waals surface area contributed by atoms with E-state index in [2.05, 4.69) is 0 Å². The summed E-state index contributed by atoms with van der Waals surface area (Å²) in [5.41, 5.74) is 0. The highest BCUT2D eigenvalue weighted by Crippen LogP contribution is 2.43. The fourth-order valence-electron chi connectivity index (χ4n) is 2.70. The van der Waals surface area contributed by atoms with Gasteiger partial charge in [-0.3, -0.25) is 14.4 Å². The predicted octanol–water partition coefficient (Wildman–Crippen LogP) is 0.645. The van der Waals surface area contributed by atoms with Crippen LogP contribution < -0.4 is 0 Å². The van der Waals surface area contributed by atoms with Gasteiger partial charge in [-0.15, -0.1) is 0 Å². The number of carbonyl (C=O) groups excluding carboxylic acids is 2. The lowest BCUT2D eigenvalue weighted by Crippen LogP contribution is -2.37. The van der Waals surface area contributed by atoms with Crippen LogP contribution in [0.5, 0.6) is 0 Å². The van der Waals surface area contributed by atoms with Crippen LogP contribution in [-0.4, -0.2) is 22.6 Å². The minimum Gasteiger partial charge on any atom is -0.481 e. The van der Waals surface area contributed by atoms with E-state index in [1.807, 2.05) is 0 Å². The number of carboxylic acid groups (broad SMARTS) is 1. The van der Waals surface area contributed by atoms with E-state index in [4.69, 9.17) is 5.11 Å². The highest BCUT2D eigenvalue weighted by molar-refractivity contribution is 6.39. The molecule has 2 saturated carbocycles. The van der Waals surface area contributed by atoms with Gasteiger partial charge in [-0.05, 0) is 25.2 Å². The van der Waals surface area contributed by atoms with Crippen LogP contribution in [0.25, 0.3) is 0 Å². The minimum atomic E-state index is -0.930. The van der Waals surface area contributed by atoms with Gasteiger partial charge in [0.2, 0.25) is 5.78 Å². The zero-order valence-corrected chi connectivity index (χ0v) is 7.73. The summed E-state index contributed by atoms with van der Waals surface area (Å²) in [6, 6.07) is 0. The first-order valence-electron chi connectivity index (χ1n) is 4.91. The van der Waals surface area contributed by atoms with Crippen molar-refractivity contribution in [3.63, 3.8) is 0 Å². The smallest absolute Gasteiger partial charge is 0.307 e. The first-order chi connectivity index (χ1) is 6.61. The molecule has 14 heavy (non-hydrogen) atoms. The highest BCUT2D eigenvalue weighted by Gasteiger charge is 2.48. The van der Waals surface area contributed by atoms with E-state index >= 15 is 0 Å². The zero-order chi connectivity index (χ0) is 10.3. The van der Waals surface area contributed by atoms with E-state index in [1.165, 1.54) is 0 Å². The molecule has 0 aliphatic heterocycles. The van der Waals surface area contributed by atoms with Gasteiger partial charge in [-0.2, -0.15) is 0 Å². The molecular formula is C10H12O4. The molecule has 2 aliphatic rings. The van der Waals surface area contributed by atoms with E-state index in [1.54, 1.807) is 0 Å². The lowest BCUT2D eigenvalue weighted by atomic mass is 9.76. The normalized spacial score (nSPS) is 37.0. The molecule has 0 amide bonds. The quantitative estimate of drug-likeness (QED) is 0.625. The van der Waals surface area contributed by atoms with Crippen LogP contribution in [0.2, 0.25) is 0 Å². The second-order valence-corrected chi connectivity index (χ2v) is 4.13. The molecule has 4 heteroatoms. The van der Waals surface area contributed by atoms with Crippen LogP contribution in [0.15, 0.2) is 0 Å². The lowest BCUT2D eigenvalue weighted by molar-refractivity contribution is -0.150. The molecule has 2 fully saturated rings. The Morgan fingerprint density at radius 3 is 2.57 bits per heavy atom. The van der Waals surface area contributed by atoms with Gasteiger partial charge in [0.1, 0.15) is 0 Å². The number of carboxylic acids is 1. The third-order valence-electron chi connectivity index (χ3n) is 3.43. The number of hydrogen-bond acceptors (Lipinski definition) is 3. The molecule has 0 saturated heterocycles. The van der Waals surface area contributed by atoms with E-state index in [-0.39, 0.29) is 11.7 Å². The van der Waals surface area contributed by atoms with Crippen LogP contribution >= 0.6 is 0 Å². The largest absolute Gasteiger partial charge is 0.481 e. The number of ketones is 2. The van der Waals surface area contributed by atoms with E-state index < -0.39 is 23.6 Å². The number of hydrogen-bond donors (Lipinski definition) is 1. The summed E-state index contributed by atoms with van der Waals surface area (Å²) in [5, 5.41) is 8.89. The maximum Gasteiger partial charge on any atom is 0.307 e. The fourth-order valence-corrected chi connectivity index (χ4v) is 2.70. The summed E-state index contributed by atoms with van der Waals surface area (Å²) >= 11 is 0. The van der Waals surface area contributed by atoms with Crippen molar-refractivity contribution in [2.45, 2.75) is 25.7 Å². The maximum atomic E-state index is 11.5. The Kier molecular flexibility index (Phi) is 2.13. The van der Waals surface area contributed by atoms with Crippen LogP contribution in [-0.2, 0) is 14.4 Å². The van der Waals surface area contributed by atoms with Crippen molar-refractivity contribution in [3.05, 3.63) is 0 Å². The SMILES string of the molecule is O=C1CCC2CCC(C(=O)O)C2C1=O. The van der Waals surface area contributed by atoms with Gasteiger partial charge in [-0.1, -0.05) is 0 Å². The third-order valence-corrected chi connectivity index (χ3v) is 3.43. The zero-order valence-electron chi connectivity index (χ0n) is 7.73. The number of aliphatic carboxylic acids is 1. The Hall–Kier alpha value is -1.19. The molecule has 2 rings (SSSR count). The first kappa shape index (κ1) is 9.37. The van der Waals surface area contributed by atoms with Gasteiger partial charge in [0.25, 0.3) is 0 Å². The summed E-state index contributed by atoms with van der Waals surface area (Å²) in [7, 11) is 0. The van der Waals surface area contributed by atoms with Crippen molar-refractivity contribution in [2.24, 2.45) is 17.8 Å². The first-order valence-corrected chi connectivity index (χ1v) is 4.91. The van der Waals surface area contributed by atoms with E-state index in [0.29, 0.717) is 19.3 Å². The van der Waals surface area contributed by atoms with Gasteiger partial charge in [0.05, 0.1) is 5.92 Å². The number of fused-ring (bicyclic) bond motifs is 1. The molecule has 0 radical (unpaired) electrons. The second-order valence-electron chi connectivity index (χ2n) is 4.13. The molecule has 76 valence electrons. The molecule has 1 N–H and O–H groups in total. The molecule has 0 heterocycles. The fraction of sp³-hybridized carbons (Fsp3) is 0.700. The monoisotopic (exact) mass is 196 g/mol. The average Bonchev–Trinajstić information content (AvgIpc) is 2.55. The number of carbonyl (C=O) groups is 3. The second kappa shape index (κ2) is 3.19. The van der Waals surface area contributed by atoms with Crippen molar-refractivity contribution in [3.8, 4) is 0 Å². The summed E-state index contributed by atoms with van der Waals surface area (Å²) < 4.78 is 0. The van der Waals surface area contributed by atoms with Crippen molar-refractivity contribution in [2.75, 3.05) is 0 Å². The molecule has 0 aromatic rings. The minimum absolute atomic E-state index is 0.140. The standard InChI is InChI=1S/C10H12O4/c11-7-4-2-5-1-3-6(10(13)14)8(5)9(7)12/h5-6,8H,1-4H2,(H,13,14). The van der Waals surface area contributed by atoms with Crippen LogP contribution in [0.3, 0.4) is 0 Å². The molecule has 4 nitrogen and oxygen atoms in total. The predicted molar refractivity (Wildman–Crippen MR) is 46.6 cm³/mol. The molecule has 0 aromatic carbocycles. The van der Waals surface area contributed by atoms with E-state index in [0.717, 1.165) is 6.42 Å². The Morgan fingerprint density at radius 1 is 1.21 bits per heavy atom. The van der Waals surface area contributed by atoms with Gasteiger partial charge in [0, 0.05) is 12.3 Å². The van der Waals surface area contributed by atoms with E-state index in [9.17, 15) is 14.4 Å². The molecule has 2 aliphatic carbocycles. The molecule has 3 unspecified atom stereocenters. The lowest BCUT2D eigenvalue weighted by Gasteiger charge is -2.24. The summed E-state index contributed by atoms with van der Waals surface area (Å²) in [5.74, 6) is -2.74. The van der Waals surface area contributed by atoms with Gasteiger partial charge in [0.15, 0.2) is 5.78 Å². The molecule has 0 aromatic heterocycles. The number of Topliss-reactive ketones (excluding diaryl/α,β-unsaturated/α-hetero) is 2. The van der Waals surface area contributed by atoms with Crippen molar-refractivity contribution in [1.29, 1.82) is 0 Å². The van der Waals surface area contributed by atoms with Gasteiger partial charge >= 0.3 is 5.97 Å².